The molecule has 0 unspecified atom stereocenters. The molecule has 0 saturated heterocycles. The van der Waals surface area contributed by atoms with Crippen molar-refractivity contribution in [3.8, 4) is 11.3 Å². The number of aryl methyl sites for hydroxylation is 2. The van der Waals surface area contributed by atoms with Crippen molar-refractivity contribution >= 4 is 28.6 Å². The molecule has 0 amide bonds. The van der Waals surface area contributed by atoms with Crippen molar-refractivity contribution in [2.75, 3.05) is 0 Å². The van der Waals surface area contributed by atoms with E-state index in [0.29, 0.717) is 0 Å². The lowest BCUT2D eigenvalue weighted by atomic mass is 10.1. The molecule has 0 aliphatic carbocycles. The minimum atomic E-state index is 0.750. The summed E-state index contributed by atoms with van der Waals surface area (Å²) in [7, 11) is 0. The molecule has 28 heavy (non-hydrogen) atoms. The maximum Gasteiger partial charge on any atom is 0.190 e. The third-order valence-corrected chi connectivity index (χ3v) is 5.85. The molecule has 0 bridgehead atoms. The largest absolute Gasteiger partial charge is 0.316 e. The van der Waals surface area contributed by atoms with Crippen molar-refractivity contribution in [3.05, 3.63) is 105 Å². The summed E-state index contributed by atoms with van der Waals surface area (Å²) in [6.07, 6.45) is 0.957. The zero-order chi connectivity index (χ0) is 19.3. The molecular weight excluding hydrogens is 384 g/mol. The van der Waals surface area contributed by atoms with Crippen molar-refractivity contribution in [1.29, 1.82) is 0 Å². The Labute approximate surface area is 174 Å². The molecule has 1 aromatic heterocycles. The van der Waals surface area contributed by atoms with Crippen molar-refractivity contribution in [2.45, 2.75) is 19.9 Å². The van der Waals surface area contributed by atoms with E-state index < -0.39 is 0 Å². The Balaban J connectivity index is 1.77. The number of aromatic nitrogens is 1. The zero-order valence-corrected chi connectivity index (χ0v) is 17.3. The highest BCUT2D eigenvalue weighted by atomic mass is 35.5. The van der Waals surface area contributed by atoms with Gasteiger partial charge in [-0.15, -0.1) is 11.3 Å². The van der Waals surface area contributed by atoms with Crippen LogP contribution in [0.25, 0.3) is 11.3 Å². The van der Waals surface area contributed by atoms with Crippen LogP contribution < -0.4 is 4.80 Å². The Morgan fingerprint density at radius 3 is 2.36 bits per heavy atom. The normalized spacial score (nSPS) is 11.7. The first-order chi connectivity index (χ1) is 13.7. The lowest BCUT2D eigenvalue weighted by Gasteiger charge is -2.10. The van der Waals surface area contributed by atoms with Gasteiger partial charge in [-0.25, -0.2) is 4.99 Å². The second kappa shape index (κ2) is 8.59. The summed E-state index contributed by atoms with van der Waals surface area (Å²) in [6.45, 7) is 2.97. The Hall–Kier alpha value is -2.62. The predicted octanol–water partition coefficient (Wildman–Crippen LogP) is 6.65. The molecule has 4 rings (SSSR count). The van der Waals surface area contributed by atoms with Crippen molar-refractivity contribution in [3.63, 3.8) is 0 Å². The molecule has 0 atom stereocenters. The van der Waals surface area contributed by atoms with Gasteiger partial charge in [-0.3, -0.25) is 0 Å². The molecule has 0 fully saturated rings. The summed E-state index contributed by atoms with van der Waals surface area (Å²) in [5.41, 5.74) is 5.84. The number of thiazole rings is 1. The van der Waals surface area contributed by atoms with Crippen LogP contribution in [0.4, 0.5) is 5.69 Å². The summed E-state index contributed by atoms with van der Waals surface area (Å²) < 4.78 is 2.31. The summed E-state index contributed by atoms with van der Waals surface area (Å²) in [4.78, 5) is 5.98. The van der Waals surface area contributed by atoms with Crippen LogP contribution in [0.5, 0.6) is 0 Å². The first-order valence-corrected chi connectivity index (χ1v) is 10.5. The highest BCUT2D eigenvalue weighted by Gasteiger charge is 2.09. The molecule has 1 heterocycles. The van der Waals surface area contributed by atoms with Gasteiger partial charge in [0.2, 0.25) is 0 Å². The van der Waals surface area contributed by atoms with Crippen LogP contribution in [-0.4, -0.2) is 4.57 Å². The molecule has 0 aliphatic rings. The number of halogens is 1. The van der Waals surface area contributed by atoms with E-state index in [2.05, 4.69) is 71.5 Å². The third kappa shape index (κ3) is 4.27. The van der Waals surface area contributed by atoms with E-state index in [1.54, 1.807) is 11.3 Å². The van der Waals surface area contributed by atoms with Crippen molar-refractivity contribution < 1.29 is 0 Å². The van der Waals surface area contributed by atoms with Crippen molar-refractivity contribution in [2.24, 2.45) is 4.99 Å². The van der Waals surface area contributed by atoms with Gasteiger partial charge in [0, 0.05) is 16.9 Å². The maximum atomic E-state index is 6.09. The van der Waals surface area contributed by atoms with Gasteiger partial charge in [-0.1, -0.05) is 72.3 Å². The molecule has 0 spiro atoms. The van der Waals surface area contributed by atoms with E-state index in [1.165, 1.54) is 16.8 Å². The monoisotopic (exact) mass is 404 g/mol. The van der Waals surface area contributed by atoms with Crippen LogP contribution >= 0.6 is 22.9 Å². The minimum absolute atomic E-state index is 0.750. The van der Waals surface area contributed by atoms with E-state index >= 15 is 0 Å². The van der Waals surface area contributed by atoms with E-state index in [4.69, 9.17) is 16.6 Å². The fourth-order valence-electron chi connectivity index (χ4n) is 3.16. The third-order valence-electron chi connectivity index (χ3n) is 4.74. The summed E-state index contributed by atoms with van der Waals surface area (Å²) in [5.74, 6) is 0. The molecule has 3 aromatic carbocycles. The van der Waals surface area contributed by atoms with Crippen LogP contribution in [0.1, 0.15) is 11.1 Å². The quantitative estimate of drug-likeness (QED) is 0.354. The smallest absolute Gasteiger partial charge is 0.190 e. The topological polar surface area (TPSA) is 17.3 Å². The molecule has 140 valence electrons. The predicted molar refractivity (Wildman–Crippen MR) is 119 cm³/mol. The number of rotatable bonds is 5. The second-order valence-corrected chi connectivity index (χ2v) is 7.97. The highest BCUT2D eigenvalue weighted by Crippen LogP contribution is 2.24. The van der Waals surface area contributed by atoms with Crippen LogP contribution in [0.15, 0.2) is 89.2 Å². The number of hydrogen-bond donors (Lipinski definition) is 0. The van der Waals surface area contributed by atoms with Crippen LogP contribution in [0.3, 0.4) is 0 Å². The fourth-order valence-corrected chi connectivity index (χ4v) is 4.24. The standard InChI is InChI=1S/C24H21ClN2S/c1-18-7-5-6-10-22(18)26-24-27(16-15-19-8-3-2-4-9-19)23(17-28-24)20-11-13-21(25)14-12-20/h2-14,17H,15-16H2,1H3. The average Bonchev–Trinajstić information content (AvgIpc) is 3.12. The zero-order valence-electron chi connectivity index (χ0n) is 15.7. The van der Waals surface area contributed by atoms with Crippen LogP contribution in [0, 0.1) is 6.92 Å². The lowest BCUT2D eigenvalue weighted by molar-refractivity contribution is 0.684. The van der Waals surface area contributed by atoms with E-state index in [1.807, 2.05) is 24.3 Å². The van der Waals surface area contributed by atoms with Gasteiger partial charge in [-0.2, -0.15) is 0 Å². The van der Waals surface area contributed by atoms with E-state index in [0.717, 1.165) is 34.0 Å². The first-order valence-electron chi connectivity index (χ1n) is 9.29. The Morgan fingerprint density at radius 2 is 1.61 bits per heavy atom. The fraction of sp³-hybridized carbons (Fsp3) is 0.125. The summed E-state index contributed by atoms with van der Waals surface area (Å²) >= 11 is 7.76. The Kier molecular flexibility index (Phi) is 5.75. The first kappa shape index (κ1) is 18.7. The van der Waals surface area contributed by atoms with Gasteiger partial charge in [0.05, 0.1) is 11.4 Å². The number of nitrogens with zero attached hydrogens (tertiary/aromatic N) is 2. The van der Waals surface area contributed by atoms with Gasteiger partial charge >= 0.3 is 0 Å². The van der Waals surface area contributed by atoms with Gasteiger partial charge in [0.1, 0.15) is 0 Å². The second-order valence-electron chi connectivity index (χ2n) is 6.70. The molecule has 4 heteroatoms. The molecule has 0 N–H and O–H groups in total. The molecule has 4 aromatic rings. The van der Waals surface area contributed by atoms with Gasteiger partial charge in [-0.05, 0) is 48.2 Å². The minimum Gasteiger partial charge on any atom is -0.316 e. The average molecular weight is 405 g/mol. The number of para-hydroxylation sites is 1. The number of hydrogen-bond acceptors (Lipinski definition) is 2. The van der Waals surface area contributed by atoms with E-state index in [-0.39, 0.29) is 0 Å². The van der Waals surface area contributed by atoms with E-state index in [9.17, 15) is 0 Å². The van der Waals surface area contributed by atoms with Gasteiger partial charge < -0.3 is 4.57 Å². The molecular formula is C24H21ClN2S. The Morgan fingerprint density at radius 1 is 0.893 bits per heavy atom. The lowest BCUT2D eigenvalue weighted by Crippen LogP contribution is -2.17. The highest BCUT2D eigenvalue weighted by molar-refractivity contribution is 7.07. The maximum absolute atomic E-state index is 6.09. The van der Waals surface area contributed by atoms with Gasteiger partial charge in [0.15, 0.2) is 4.80 Å². The molecule has 0 saturated carbocycles. The SMILES string of the molecule is Cc1ccccc1N=c1scc(-c2ccc(Cl)cc2)n1CCc1ccccc1. The summed E-state index contributed by atoms with van der Waals surface area (Å²) in [5, 5.41) is 2.94. The molecule has 0 radical (unpaired) electrons. The molecule has 0 aliphatic heterocycles. The Bertz CT molecular complexity index is 1130. The summed E-state index contributed by atoms with van der Waals surface area (Å²) in [6, 6.07) is 26.8. The number of benzene rings is 3. The molecule has 2 nitrogen and oxygen atoms in total. The van der Waals surface area contributed by atoms with Gasteiger partial charge in [0.25, 0.3) is 0 Å². The van der Waals surface area contributed by atoms with Crippen LogP contribution in [-0.2, 0) is 13.0 Å². The van der Waals surface area contributed by atoms with Crippen molar-refractivity contribution in [1.82, 2.24) is 4.57 Å². The van der Waals surface area contributed by atoms with Crippen LogP contribution in [0.2, 0.25) is 5.02 Å².